The highest BCUT2D eigenvalue weighted by atomic mass is 19.1. The predicted octanol–water partition coefficient (Wildman–Crippen LogP) is 3.05. The number of aromatic amines is 1. The lowest BCUT2D eigenvalue weighted by molar-refractivity contribution is -0.117. The topological polar surface area (TPSA) is 70.1 Å². The van der Waals surface area contributed by atoms with Gasteiger partial charge in [-0.25, -0.2) is 9.18 Å². The lowest BCUT2D eigenvalue weighted by Gasteiger charge is -2.32. The van der Waals surface area contributed by atoms with E-state index in [1.54, 1.807) is 19.1 Å². The zero-order valence-electron chi connectivity index (χ0n) is 15.7. The lowest BCUT2D eigenvalue weighted by Crippen LogP contribution is -2.41. The molecule has 6 nitrogen and oxygen atoms in total. The van der Waals surface area contributed by atoms with Crippen LogP contribution >= 0.6 is 0 Å². The fourth-order valence-corrected chi connectivity index (χ4v) is 3.85. The van der Waals surface area contributed by atoms with Crippen LogP contribution < -0.4 is 11.0 Å². The Labute approximate surface area is 162 Å². The van der Waals surface area contributed by atoms with Crippen LogP contribution in [0, 0.1) is 12.7 Å². The van der Waals surface area contributed by atoms with E-state index in [1.165, 1.54) is 6.07 Å². The van der Waals surface area contributed by atoms with Crippen molar-refractivity contribution in [1.82, 2.24) is 14.5 Å². The Balaban J connectivity index is 1.36. The third-order valence-electron chi connectivity index (χ3n) is 5.37. The van der Waals surface area contributed by atoms with E-state index < -0.39 is 0 Å². The molecule has 1 aromatic heterocycles. The standard InChI is InChI=1S/C21H23FN4O2/c1-14-6-7-15(12-17(14)22)23-20(27)13-25-10-8-16(9-11-25)26-19-5-3-2-4-18(19)24-21(26)28/h2-7,12,16H,8-11,13H2,1H3,(H,23,27)(H,24,28). The molecular weight excluding hydrogens is 359 g/mol. The summed E-state index contributed by atoms with van der Waals surface area (Å²) in [6.07, 6.45) is 1.60. The molecule has 1 amide bonds. The Morgan fingerprint density at radius 3 is 2.71 bits per heavy atom. The van der Waals surface area contributed by atoms with Gasteiger partial charge in [0.25, 0.3) is 0 Å². The molecule has 28 heavy (non-hydrogen) atoms. The van der Waals surface area contributed by atoms with Crippen molar-refractivity contribution in [2.75, 3.05) is 25.0 Å². The lowest BCUT2D eigenvalue weighted by atomic mass is 10.0. The molecule has 0 unspecified atom stereocenters. The number of carbonyl (C=O) groups is 1. The molecule has 0 saturated carbocycles. The molecule has 1 aliphatic heterocycles. The molecule has 3 aromatic rings. The molecule has 0 bridgehead atoms. The summed E-state index contributed by atoms with van der Waals surface area (Å²) in [7, 11) is 0. The van der Waals surface area contributed by atoms with E-state index in [9.17, 15) is 14.0 Å². The summed E-state index contributed by atoms with van der Waals surface area (Å²) in [6.45, 7) is 3.40. The summed E-state index contributed by atoms with van der Waals surface area (Å²) in [4.78, 5) is 29.6. The van der Waals surface area contributed by atoms with Gasteiger partial charge in [0, 0.05) is 24.8 Å². The van der Waals surface area contributed by atoms with Gasteiger partial charge in [-0.3, -0.25) is 14.3 Å². The van der Waals surface area contributed by atoms with Gasteiger partial charge in [0.1, 0.15) is 5.82 Å². The third kappa shape index (κ3) is 3.71. The first-order chi connectivity index (χ1) is 13.5. The number of carbonyl (C=O) groups excluding carboxylic acids is 1. The zero-order valence-corrected chi connectivity index (χ0v) is 15.7. The van der Waals surface area contributed by atoms with Crippen molar-refractivity contribution in [2.45, 2.75) is 25.8 Å². The number of piperidine rings is 1. The molecule has 2 aromatic carbocycles. The fraction of sp³-hybridized carbons (Fsp3) is 0.333. The number of nitrogens with zero attached hydrogens (tertiary/aromatic N) is 2. The summed E-state index contributed by atoms with van der Waals surface area (Å²) < 4.78 is 15.5. The maximum atomic E-state index is 13.6. The van der Waals surface area contributed by atoms with Gasteiger partial charge in [0.05, 0.1) is 17.6 Å². The van der Waals surface area contributed by atoms with Crippen molar-refractivity contribution in [1.29, 1.82) is 0 Å². The Morgan fingerprint density at radius 2 is 1.96 bits per heavy atom. The fourth-order valence-electron chi connectivity index (χ4n) is 3.85. The van der Waals surface area contributed by atoms with Gasteiger partial charge in [-0.2, -0.15) is 0 Å². The van der Waals surface area contributed by atoms with Crippen molar-refractivity contribution in [3.8, 4) is 0 Å². The van der Waals surface area contributed by atoms with Crippen molar-refractivity contribution < 1.29 is 9.18 Å². The minimum absolute atomic E-state index is 0.0845. The first-order valence-electron chi connectivity index (χ1n) is 9.49. The first kappa shape index (κ1) is 18.4. The van der Waals surface area contributed by atoms with E-state index in [0.717, 1.165) is 37.0 Å². The molecule has 0 spiro atoms. The summed E-state index contributed by atoms with van der Waals surface area (Å²) in [5, 5.41) is 2.75. The molecule has 146 valence electrons. The van der Waals surface area contributed by atoms with Gasteiger partial charge in [-0.05, 0) is 49.6 Å². The maximum absolute atomic E-state index is 13.6. The number of imidazole rings is 1. The largest absolute Gasteiger partial charge is 0.326 e. The third-order valence-corrected chi connectivity index (χ3v) is 5.37. The van der Waals surface area contributed by atoms with Gasteiger partial charge in [0.2, 0.25) is 5.91 Å². The number of aryl methyl sites for hydroxylation is 1. The SMILES string of the molecule is Cc1ccc(NC(=O)CN2CCC(n3c(=O)[nH]c4ccccc43)CC2)cc1F. The number of rotatable bonds is 4. The molecule has 2 N–H and O–H groups in total. The molecule has 4 rings (SSSR count). The first-order valence-corrected chi connectivity index (χ1v) is 9.49. The predicted molar refractivity (Wildman–Crippen MR) is 107 cm³/mol. The minimum Gasteiger partial charge on any atom is -0.325 e. The summed E-state index contributed by atoms with van der Waals surface area (Å²) in [5.41, 5.74) is 2.70. The zero-order chi connectivity index (χ0) is 19.7. The number of para-hydroxylation sites is 2. The number of halogens is 1. The quantitative estimate of drug-likeness (QED) is 0.729. The average Bonchev–Trinajstić information content (AvgIpc) is 3.01. The van der Waals surface area contributed by atoms with Gasteiger partial charge in [-0.1, -0.05) is 18.2 Å². The second kappa shape index (κ2) is 7.59. The molecule has 0 atom stereocenters. The molecule has 1 fully saturated rings. The average molecular weight is 382 g/mol. The second-order valence-corrected chi connectivity index (χ2v) is 7.34. The number of likely N-dealkylation sites (tertiary alicyclic amines) is 1. The normalized spacial score (nSPS) is 15.8. The molecule has 1 aliphatic rings. The van der Waals surface area contributed by atoms with Crippen molar-refractivity contribution >= 4 is 22.6 Å². The summed E-state index contributed by atoms with van der Waals surface area (Å²) in [5.74, 6) is -0.492. The van der Waals surface area contributed by atoms with E-state index in [-0.39, 0.29) is 30.0 Å². The van der Waals surface area contributed by atoms with Crippen molar-refractivity contribution in [3.05, 3.63) is 64.3 Å². The van der Waals surface area contributed by atoms with Crippen molar-refractivity contribution in [3.63, 3.8) is 0 Å². The Morgan fingerprint density at radius 1 is 1.21 bits per heavy atom. The summed E-state index contributed by atoms with van der Waals surface area (Å²) >= 11 is 0. The van der Waals surface area contributed by atoms with Crippen LogP contribution in [0.2, 0.25) is 0 Å². The second-order valence-electron chi connectivity index (χ2n) is 7.34. The molecule has 2 heterocycles. The van der Waals surface area contributed by atoms with E-state index in [1.807, 2.05) is 28.8 Å². The molecule has 1 saturated heterocycles. The number of hydrogen-bond donors (Lipinski definition) is 2. The van der Waals surface area contributed by atoms with Crippen LogP contribution in [0.15, 0.2) is 47.3 Å². The smallest absolute Gasteiger partial charge is 0.325 e. The Hall–Kier alpha value is -2.93. The Bertz CT molecular complexity index is 1060. The van der Waals surface area contributed by atoms with Gasteiger partial charge < -0.3 is 10.3 Å². The number of fused-ring (bicyclic) bond motifs is 1. The monoisotopic (exact) mass is 382 g/mol. The highest BCUT2D eigenvalue weighted by Crippen LogP contribution is 2.24. The van der Waals surface area contributed by atoms with Gasteiger partial charge in [-0.15, -0.1) is 0 Å². The number of amides is 1. The van der Waals surface area contributed by atoms with Crippen LogP contribution in [0.5, 0.6) is 0 Å². The van der Waals surface area contributed by atoms with Crippen LogP contribution in [0.1, 0.15) is 24.4 Å². The van der Waals surface area contributed by atoms with E-state index in [2.05, 4.69) is 15.2 Å². The number of H-pyrrole nitrogens is 1. The van der Waals surface area contributed by atoms with Crippen LogP contribution in [-0.4, -0.2) is 40.0 Å². The summed E-state index contributed by atoms with van der Waals surface area (Å²) in [6, 6.07) is 12.5. The van der Waals surface area contributed by atoms with E-state index in [4.69, 9.17) is 0 Å². The number of benzene rings is 2. The van der Waals surface area contributed by atoms with Gasteiger partial charge in [0.15, 0.2) is 0 Å². The molecule has 7 heteroatoms. The number of hydrogen-bond acceptors (Lipinski definition) is 3. The number of aromatic nitrogens is 2. The van der Waals surface area contributed by atoms with Crippen LogP contribution in [-0.2, 0) is 4.79 Å². The minimum atomic E-state index is -0.331. The molecular formula is C21H23FN4O2. The highest BCUT2D eigenvalue weighted by molar-refractivity contribution is 5.92. The van der Waals surface area contributed by atoms with Crippen molar-refractivity contribution in [2.24, 2.45) is 0 Å². The van der Waals surface area contributed by atoms with E-state index in [0.29, 0.717) is 11.3 Å². The Kier molecular flexibility index (Phi) is 5.00. The number of nitrogens with one attached hydrogen (secondary N) is 2. The van der Waals surface area contributed by atoms with Gasteiger partial charge >= 0.3 is 5.69 Å². The van der Waals surface area contributed by atoms with E-state index >= 15 is 0 Å². The molecule has 0 radical (unpaired) electrons. The van der Waals surface area contributed by atoms with Crippen LogP contribution in [0.4, 0.5) is 10.1 Å². The van der Waals surface area contributed by atoms with Crippen LogP contribution in [0.3, 0.4) is 0 Å². The van der Waals surface area contributed by atoms with Crippen LogP contribution in [0.25, 0.3) is 11.0 Å². The highest BCUT2D eigenvalue weighted by Gasteiger charge is 2.24. The number of anilines is 1. The maximum Gasteiger partial charge on any atom is 0.326 e. The molecule has 0 aliphatic carbocycles.